The molecule has 0 N–H and O–H groups in total. The first kappa shape index (κ1) is 20.2. The number of fused-ring (bicyclic) bond motifs is 3. The minimum atomic E-state index is -0.106. The van der Waals surface area contributed by atoms with Gasteiger partial charge in [0, 0.05) is 13.1 Å². The van der Waals surface area contributed by atoms with Gasteiger partial charge in [0.1, 0.15) is 0 Å². The molecular weight excluding hydrogens is 398 g/mol. The monoisotopic (exact) mass is 421 g/mol. The van der Waals surface area contributed by atoms with Gasteiger partial charge in [-0.05, 0) is 31.5 Å². The highest BCUT2D eigenvalue weighted by atomic mass is 32.2. The van der Waals surface area contributed by atoms with Crippen LogP contribution in [0.25, 0.3) is 16.7 Å². The maximum Gasteiger partial charge on any atom is 0.263 e. The number of rotatable bonds is 7. The highest BCUT2D eigenvalue weighted by Gasteiger charge is 2.18. The predicted octanol–water partition coefficient (Wildman–Crippen LogP) is 3.05. The molecule has 0 aliphatic heterocycles. The molecule has 30 heavy (non-hydrogen) atoms. The van der Waals surface area contributed by atoms with Crippen LogP contribution < -0.4 is 5.56 Å². The van der Waals surface area contributed by atoms with Crippen LogP contribution in [-0.2, 0) is 11.3 Å². The molecular formula is C22H23N5O2S. The summed E-state index contributed by atoms with van der Waals surface area (Å²) in [4.78, 5) is 27.4. The van der Waals surface area contributed by atoms with Gasteiger partial charge in [-0.2, -0.15) is 0 Å². The number of benzene rings is 2. The fourth-order valence-electron chi connectivity index (χ4n) is 3.53. The topological polar surface area (TPSA) is 72.5 Å². The summed E-state index contributed by atoms with van der Waals surface area (Å²) in [6, 6.07) is 17.2. The highest BCUT2D eigenvalue weighted by Crippen LogP contribution is 2.22. The van der Waals surface area contributed by atoms with E-state index in [-0.39, 0.29) is 17.2 Å². The Balaban J connectivity index is 1.81. The number of carbonyl (C=O) groups excluding carboxylic acids is 1. The number of amides is 1. The van der Waals surface area contributed by atoms with E-state index in [4.69, 9.17) is 0 Å². The van der Waals surface area contributed by atoms with Crippen molar-refractivity contribution in [3.05, 3.63) is 70.5 Å². The molecule has 0 aliphatic rings. The van der Waals surface area contributed by atoms with Crippen molar-refractivity contribution in [1.29, 1.82) is 0 Å². The fourth-order valence-corrected chi connectivity index (χ4v) is 4.37. The van der Waals surface area contributed by atoms with E-state index in [1.165, 1.54) is 11.8 Å². The summed E-state index contributed by atoms with van der Waals surface area (Å²) in [5.74, 6) is 0.804. The normalized spacial score (nSPS) is 11.3. The summed E-state index contributed by atoms with van der Waals surface area (Å²) in [6.45, 7) is 5.68. The van der Waals surface area contributed by atoms with E-state index in [1.54, 1.807) is 9.47 Å². The Labute approximate surface area is 178 Å². The molecule has 7 nitrogen and oxygen atoms in total. The van der Waals surface area contributed by atoms with Crippen molar-refractivity contribution in [2.24, 2.45) is 0 Å². The van der Waals surface area contributed by atoms with Crippen molar-refractivity contribution in [3.63, 3.8) is 0 Å². The maximum atomic E-state index is 13.2. The van der Waals surface area contributed by atoms with E-state index in [2.05, 4.69) is 10.2 Å². The third-order valence-electron chi connectivity index (χ3n) is 5.10. The summed E-state index contributed by atoms with van der Waals surface area (Å²) < 4.78 is 3.51. The van der Waals surface area contributed by atoms with Gasteiger partial charge in [-0.3, -0.25) is 18.6 Å². The van der Waals surface area contributed by atoms with Crippen LogP contribution in [0, 0.1) is 0 Å². The standard InChI is InChI=1S/C22H23N5O2S/c1-3-25(4-2)19(28)15-30-22-24-23-21-26(14-16-10-6-5-7-11-16)20(29)17-12-8-9-13-18(17)27(21)22/h5-13H,3-4,14-15H2,1-2H3. The second-order valence-electron chi connectivity index (χ2n) is 6.87. The second-order valence-corrected chi connectivity index (χ2v) is 7.81. The van der Waals surface area contributed by atoms with Crippen molar-refractivity contribution >= 4 is 34.3 Å². The molecule has 0 bridgehead atoms. The molecule has 0 spiro atoms. The van der Waals surface area contributed by atoms with Crippen molar-refractivity contribution < 1.29 is 4.79 Å². The van der Waals surface area contributed by atoms with Crippen LogP contribution >= 0.6 is 11.8 Å². The average molecular weight is 422 g/mol. The number of para-hydroxylation sites is 1. The van der Waals surface area contributed by atoms with Crippen molar-refractivity contribution in [1.82, 2.24) is 24.1 Å². The Bertz CT molecular complexity index is 1250. The SMILES string of the molecule is CCN(CC)C(=O)CSc1nnc2n(Cc3ccccc3)c(=O)c3ccccc3n12. The van der Waals surface area contributed by atoms with Crippen LogP contribution in [0.1, 0.15) is 19.4 Å². The van der Waals surface area contributed by atoms with E-state index >= 15 is 0 Å². The zero-order valence-electron chi connectivity index (χ0n) is 17.0. The van der Waals surface area contributed by atoms with Gasteiger partial charge in [0.05, 0.1) is 23.2 Å². The molecule has 154 valence electrons. The van der Waals surface area contributed by atoms with Gasteiger partial charge in [0.25, 0.3) is 5.56 Å². The largest absolute Gasteiger partial charge is 0.343 e. The number of thioether (sulfide) groups is 1. The number of nitrogens with zero attached hydrogens (tertiary/aromatic N) is 5. The van der Waals surface area contributed by atoms with E-state index in [1.807, 2.05) is 72.8 Å². The maximum absolute atomic E-state index is 13.2. The second kappa shape index (κ2) is 8.71. The van der Waals surface area contributed by atoms with Crippen molar-refractivity contribution in [2.75, 3.05) is 18.8 Å². The fraction of sp³-hybridized carbons (Fsp3) is 0.273. The smallest absolute Gasteiger partial charge is 0.263 e. The lowest BCUT2D eigenvalue weighted by molar-refractivity contribution is -0.127. The third-order valence-corrected chi connectivity index (χ3v) is 6.02. The number of hydrogen-bond acceptors (Lipinski definition) is 5. The van der Waals surface area contributed by atoms with Crippen molar-refractivity contribution in [2.45, 2.75) is 25.5 Å². The lowest BCUT2D eigenvalue weighted by Crippen LogP contribution is -2.31. The first-order chi connectivity index (χ1) is 14.6. The number of hydrogen-bond donors (Lipinski definition) is 0. The first-order valence-corrected chi connectivity index (χ1v) is 10.9. The van der Waals surface area contributed by atoms with Crippen molar-refractivity contribution in [3.8, 4) is 0 Å². The summed E-state index contributed by atoms with van der Waals surface area (Å²) in [7, 11) is 0. The molecule has 0 aliphatic carbocycles. The summed E-state index contributed by atoms with van der Waals surface area (Å²) >= 11 is 1.34. The van der Waals surface area contributed by atoms with Gasteiger partial charge < -0.3 is 4.90 Å². The molecule has 0 saturated heterocycles. The molecule has 0 fully saturated rings. The Kier molecular flexibility index (Phi) is 5.85. The summed E-state index contributed by atoms with van der Waals surface area (Å²) in [5, 5.41) is 9.83. The molecule has 8 heteroatoms. The van der Waals surface area contributed by atoms with Crippen LogP contribution in [0.2, 0.25) is 0 Å². The average Bonchev–Trinajstić information content (AvgIpc) is 3.21. The van der Waals surface area contributed by atoms with E-state index < -0.39 is 0 Å². The minimum absolute atomic E-state index is 0.0589. The Morgan fingerprint density at radius 3 is 2.43 bits per heavy atom. The van der Waals surface area contributed by atoms with E-state index in [0.717, 1.165) is 11.1 Å². The Morgan fingerprint density at radius 1 is 1.00 bits per heavy atom. The van der Waals surface area contributed by atoms with Gasteiger partial charge in [0.2, 0.25) is 11.7 Å². The molecule has 4 aromatic rings. The lowest BCUT2D eigenvalue weighted by atomic mass is 10.2. The predicted molar refractivity (Wildman–Crippen MR) is 119 cm³/mol. The molecule has 4 rings (SSSR count). The molecule has 2 aromatic heterocycles. The van der Waals surface area contributed by atoms with Crippen LogP contribution in [0.5, 0.6) is 0 Å². The van der Waals surface area contributed by atoms with Gasteiger partial charge in [0.15, 0.2) is 5.16 Å². The van der Waals surface area contributed by atoms with Crippen LogP contribution in [0.4, 0.5) is 0 Å². The van der Waals surface area contributed by atoms with Gasteiger partial charge in [-0.25, -0.2) is 0 Å². The molecule has 0 unspecified atom stereocenters. The minimum Gasteiger partial charge on any atom is -0.343 e. The molecule has 1 amide bonds. The zero-order valence-corrected chi connectivity index (χ0v) is 17.8. The summed E-state index contributed by atoms with van der Waals surface area (Å²) in [5.41, 5.74) is 1.64. The van der Waals surface area contributed by atoms with Crippen LogP contribution in [0.15, 0.2) is 64.5 Å². The third kappa shape index (κ3) is 3.70. The quantitative estimate of drug-likeness (QED) is 0.429. The molecule has 2 aromatic carbocycles. The zero-order chi connectivity index (χ0) is 21.1. The van der Waals surface area contributed by atoms with Gasteiger partial charge >= 0.3 is 0 Å². The van der Waals surface area contributed by atoms with Gasteiger partial charge in [-0.1, -0.05) is 54.2 Å². The summed E-state index contributed by atoms with van der Waals surface area (Å²) in [6.07, 6.45) is 0. The highest BCUT2D eigenvalue weighted by molar-refractivity contribution is 7.99. The van der Waals surface area contributed by atoms with Crippen LogP contribution in [-0.4, -0.2) is 48.8 Å². The molecule has 2 heterocycles. The molecule has 0 atom stereocenters. The van der Waals surface area contributed by atoms with E-state index in [0.29, 0.717) is 36.0 Å². The first-order valence-electron chi connectivity index (χ1n) is 9.95. The lowest BCUT2D eigenvalue weighted by Gasteiger charge is -2.17. The van der Waals surface area contributed by atoms with Crippen LogP contribution in [0.3, 0.4) is 0 Å². The molecule has 0 radical (unpaired) electrons. The van der Waals surface area contributed by atoms with E-state index in [9.17, 15) is 9.59 Å². The number of carbonyl (C=O) groups is 1. The van der Waals surface area contributed by atoms with Gasteiger partial charge in [-0.15, -0.1) is 10.2 Å². The number of aromatic nitrogens is 4. The molecule has 0 saturated carbocycles. The Hall–Kier alpha value is -3.13. The Morgan fingerprint density at radius 2 is 1.70 bits per heavy atom.